The van der Waals surface area contributed by atoms with Crippen molar-refractivity contribution in [3.63, 3.8) is 0 Å². The Morgan fingerprint density at radius 1 is 1.05 bits per heavy atom. The van der Waals surface area contributed by atoms with Crippen LogP contribution in [-0.4, -0.2) is 36.8 Å². The monoisotopic (exact) mass is 549 g/mol. The molecule has 0 aliphatic carbocycles. The van der Waals surface area contributed by atoms with Crippen LogP contribution in [0.25, 0.3) is 22.0 Å². The summed E-state index contributed by atoms with van der Waals surface area (Å²) in [5.41, 5.74) is -1.41. The van der Waals surface area contributed by atoms with Crippen LogP contribution in [0.3, 0.4) is 0 Å². The topological polar surface area (TPSA) is 119 Å². The van der Waals surface area contributed by atoms with Gasteiger partial charge in [0.25, 0.3) is 10.0 Å². The van der Waals surface area contributed by atoms with Crippen molar-refractivity contribution in [1.29, 1.82) is 0 Å². The fourth-order valence-corrected chi connectivity index (χ4v) is 6.00. The molecule has 1 aliphatic rings. The number of aliphatic hydroxyl groups is 1. The number of hydrogen-bond acceptors (Lipinski definition) is 6. The van der Waals surface area contributed by atoms with Gasteiger partial charge in [0.15, 0.2) is 11.6 Å². The largest absolute Gasteiger partial charge is 0.389 e. The number of aromatic nitrogens is 2. The molecular weight excluding hydrogens is 526 g/mol. The third-order valence-electron chi connectivity index (χ3n) is 6.51. The van der Waals surface area contributed by atoms with Crippen LogP contribution in [0.1, 0.15) is 36.0 Å². The zero-order valence-electron chi connectivity index (χ0n) is 20.2. The molecule has 1 atom stereocenters. The Balaban J connectivity index is 1.57. The van der Waals surface area contributed by atoms with Gasteiger partial charge in [-0.1, -0.05) is 6.07 Å². The number of aromatic amines is 1. The lowest BCUT2D eigenvalue weighted by molar-refractivity contribution is 0.197. The van der Waals surface area contributed by atoms with Gasteiger partial charge in [-0.15, -0.1) is 0 Å². The first-order valence-electron chi connectivity index (χ1n) is 11.6. The number of aliphatic hydroxyl groups excluding tert-OH is 1. The molecule has 2 heterocycles. The number of nitrogens with one attached hydrogen (secondary N) is 4. The number of anilines is 1. The van der Waals surface area contributed by atoms with Gasteiger partial charge in [0.05, 0.1) is 22.3 Å². The van der Waals surface area contributed by atoms with E-state index in [1.807, 2.05) is 4.72 Å². The van der Waals surface area contributed by atoms with Crippen LogP contribution in [0.5, 0.6) is 0 Å². The molecule has 38 heavy (non-hydrogen) atoms. The minimum absolute atomic E-state index is 0.0305. The molecule has 8 nitrogen and oxygen atoms in total. The third kappa shape index (κ3) is 4.41. The smallest absolute Gasteiger partial charge is 0.262 e. The normalized spacial score (nSPS) is 15.3. The van der Waals surface area contributed by atoms with Crippen LogP contribution in [0, 0.1) is 30.2 Å². The summed E-state index contributed by atoms with van der Waals surface area (Å²) in [5, 5.41) is 23.3. The fourth-order valence-electron chi connectivity index (χ4n) is 4.65. The predicted octanol–water partition coefficient (Wildman–Crippen LogP) is 4.14. The van der Waals surface area contributed by atoms with Gasteiger partial charge in [-0.25, -0.2) is 26.0 Å². The molecule has 5 N–H and O–H groups in total. The minimum atomic E-state index is -4.60. The van der Waals surface area contributed by atoms with Gasteiger partial charge in [0, 0.05) is 24.0 Å². The van der Waals surface area contributed by atoms with Crippen LogP contribution in [0.2, 0.25) is 0 Å². The lowest BCUT2D eigenvalue weighted by atomic mass is 10.0. The maximum absolute atomic E-state index is 15.6. The van der Waals surface area contributed by atoms with E-state index >= 15 is 8.78 Å². The number of sulfonamides is 1. The van der Waals surface area contributed by atoms with Gasteiger partial charge in [0.1, 0.15) is 29.0 Å². The quantitative estimate of drug-likeness (QED) is 0.231. The van der Waals surface area contributed by atoms with Crippen molar-refractivity contribution in [2.45, 2.75) is 31.0 Å². The van der Waals surface area contributed by atoms with Gasteiger partial charge in [0.2, 0.25) is 0 Å². The van der Waals surface area contributed by atoms with E-state index in [2.05, 4.69) is 20.8 Å². The van der Waals surface area contributed by atoms with Gasteiger partial charge in [-0.2, -0.15) is 5.10 Å². The summed E-state index contributed by atoms with van der Waals surface area (Å²) in [6.07, 6.45) is -1.49. The maximum atomic E-state index is 15.6. The molecule has 3 aromatic carbocycles. The van der Waals surface area contributed by atoms with E-state index in [0.29, 0.717) is 24.2 Å². The second kappa shape index (κ2) is 9.66. The highest BCUT2D eigenvalue weighted by Crippen LogP contribution is 2.37. The number of halogens is 4. The SMILES string of the molecule is Cc1c(C(C)O)cc(F)cc1S(=O)(=O)Nc1ccc(F)c(-c2ccc3c(C4NCCN4)n[nH]c3c2F)c1F. The van der Waals surface area contributed by atoms with E-state index in [1.165, 1.54) is 26.0 Å². The lowest BCUT2D eigenvalue weighted by Crippen LogP contribution is -2.21. The summed E-state index contributed by atoms with van der Waals surface area (Å²) >= 11 is 0. The van der Waals surface area contributed by atoms with Gasteiger partial charge in [-0.3, -0.25) is 20.5 Å². The zero-order valence-corrected chi connectivity index (χ0v) is 21.0. The fraction of sp³-hybridized carbons (Fsp3) is 0.240. The lowest BCUT2D eigenvalue weighted by Gasteiger charge is -2.17. The van der Waals surface area contributed by atoms with Crippen molar-refractivity contribution in [2.75, 3.05) is 17.8 Å². The molecule has 0 amide bonds. The summed E-state index contributed by atoms with van der Waals surface area (Å²) in [6, 6.07) is 6.02. The molecule has 4 aromatic rings. The standard InChI is InChI=1S/C25H23F4N5O3S/c1-11-16(12(2)35)9-13(26)10-19(11)38(36,37)34-18-6-5-17(27)20(22(18)29)14-3-4-15-23(21(14)28)32-33-24(15)25-30-7-8-31-25/h3-6,9-10,12,25,30-31,34-35H,7-8H2,1-2H3,(H,32,33). The number of fused-ring (bicyclic) bond motifs is 1. The van der Waals surface area contributed by atoms with Gasteiger partial charge < -0.3 is 5.11 Å². The first-order chi connectivity index (χ1) is 18.0. The summed E-state index contributed by atoms with van der Waals surface area (Å²) in [5.74, 6) is -4.39. The van der Waals surface area contributed by atoms with E-state index in [-0.39, 0.29) is 22.8 Å². The third-order valence-corrected chi connectivity index (χ3v) is 8.00. The average molecular weight is 550 g/mol. The van der Waals surface area contributed by atoms with Crippen LogP contribution in [0.4, 0.5) is 23.2 Å². The zero-order chi connectivity index (χ0) is 27.4. The van der Waals surface area contributed by atoms with E-state index in [1.54, 1.807) is 0 Å². The van der Waals surface area contributed by atoms with Crippen molar-refractivity contribution >= 4 is 26.6 Å². The molecular formula is C25H23F4N5O3S. The van der Waals surface area contributed by atoms with Crippen molar-refractivity contribution in [1.82, 2.24) is 20.8 Å². The van der Waals surface area contributed by atoms with Crippen molar-refractivity contribution in [3.8, 4) is 11.1 Å². The highest BCUT2D eigenvalue weighted by Gasteiger charge is 2.28. The molecule has 0 bridgehead atoms. The summed E-state index contributed by atoms with van der Waals surface area (Å²) in [6.45, 7) is 4.08. The van der Waals surface area contributed by atoms with Gasteiger partial charge >= 0.3 is 0 Å². The number of H-pyrrole nitrogens is 1. The Morgan fingerprint density at radius 2 is 1.76 bits per heavy atom. The number of benzene rings is 3. The molecule has 1 fully saturated rings. The molecule has 1 unspecified atom stereocenters. The average Bonchev–Trinajstić information content (AvgIpc) is 3.53. The van der Waals surface area contributed by atoms with Crippen molar-refractivity contribution in [3.05, 3.63) is 76.5 Å². The Morgan fingerprint density at radius 3 is 2.45 bits per heavy atom. The van der Waals surface area contributed by atoms with Gasteiger partial charge in [-0.05, 0) is 55.3 Å². The van der Waals surface area contributed by atoms with Crippen molar-refractivity contribution < 1.29 is 31.1 Å². The van der Waals surface area contributed by atoms with Crippen LogP contribution in [0.15, 0.2) is 41.3 Å². The summed E-state index contributed by atoms with van der Waals surface area (Å²) in [7, 11) is -4.60. The molecule has 13 heteroatoms. The van der Waals surface area contributed by atoms with Crippen LogP contribution in [-0.2, 0) is 10.0 Å². The number of nitrogens with zero attached hydrogens (tertiary/aromatic N) is 1. The summed E-state index contributed by atoms with van der Waals surface area (Å²) in [4.78, 5) is -0.537. The Labute approximate surface area is 215 Å². The molecule has 1 saturated heterocycles. The molecule has 0 radical (unpaired) electrons. The molecule has 1 aliphatic heterocycles. The second-order valence-electron chi connectivity index (χ2n) is 8.98. The molecule has 5 rings (SSSR count). The Kier molecular flexibility index (Phi) is 6.63. The predicted molar refractivity (Wildman–Crippen MR) is 133 cm³/mol. The first-order valence-corrected chi connectivity index (χ1v) is 13.1. The number of hydrogen-bond donors (Lipinski definition) is 5. The molecule has 1 aromatic heterocycles. The highest BCUT2D eigenvalue weighted by molar-refractivity contribution is 7.92. The first kappa shape index (κ1) is 26.1. The molecule has 0 saturated carbocycles. The minimum Gasteiger partial charge on any atom is -0.389 e. The highest BCUT2D eigenvalue weighted by atomic mass is 32.2. The van der Waals surface area contributed by atoms with E-state index < -0.39 is 61.1 Å². The second-order valence-corrected chi connectivity index (χ2v) is 10.6. The maximum Gasteiger partial charge on any atom is 0.262 e. The van der Waals surface area contributed by atoms with E-state index in [9.17, 15) is 22.3 Å². The van der Waals surface area contributed by atoms with E-state index in [0.717, 1.165) is 24.3 Å². The number of rotatable bonds is 6. The van der Waals surface area contributed by atoms with Crippen LogP contribution < -0.4 is 15.4 Å². The van der Waals surface area contributed by atoms with Crippen LogP contribution >= 0.6 is 0 Å². The van der Waals surface area contributed by atoms with Crippen molar-refractivity contribution in [2.24, 2.45) is 0 Å². The molecule has 200 valence electrons. The Hall–Kier alpha value is -3.52. The Bertz CT molecular complexity index is 1670. The molecule has 0 spiro atoms. The van der Waals surface area contributed by atoms with E-state index in [4.69, 9.17) is 0 Å². The summed E-state index contributed by atoms with van der Waals surface area (Å²) < 4.78 is 88.3.